The van der Waals surface area contributed by atoms with Crippen molar-refractivity contribution in [3.05, 3.63) is 303 Å². The average Bonchev–Trinajstić information content (AvgIpc) is 1.47. The number of hydrogen-bond acceptors (Lipinski definition) is 6. The van der Waals surface area contributed by atoms with Crippen LogP contribution in [0.5, 0.6) is 0 Å². The molecule has 2 aliphatic carbocycles. The second kappa shape index (κ2) is 20.8. The van der Waals surface area contributed by atoms with Crippen molar-refractivity contribution in [1.29, 1.82) is 0 Å². The predicted molar refractivity (Wildman–Crippen MR) is 369 cm³/mol. The topological polar surface area (TPSA) is 77.3 Å². The molecule has 416 valence electrons. The number of fused-ring (bicyclic) bond motifs is 7. The summed E-state index contributed by atoms with van der Waals surface area (Å²) in [5, 5.41) is 5.85. The molecule has 2 aliphatic rings. The molecule has 0 unspecified atom stereocenters. The van der Waals surface area contributed by atoms with E-state index in [2.05, 4.69) is 243 Å². The van der Waals surface area contributed by atoms with E-state index in [1.165, 1.54) is 66.1 Å². The first-order chi connectivity index (χ1) is 44.6. The van der Waals surface area contributed by atoms with Crippen LogP contribution in [0.25, 0.3) is 190 Å². The first-order valence-electron chi connectivity index (χ1n) is 30.5. The Hall–Kier alpha value is -12.1. The molecular formula is C84H50N6. The van der Waals surface area contributed by atoms with Crippen LogP contribution in [0.4, 0.5) is 0 Å². The maximum atomic E-state index is 5.78. The van der Waals surface area contributed by atoms with Gasteiger partial charge in [0.05, 0.1) is 34.0 Å². The summed E-state index contributed by atoms with van der Waals surface area (Å²) in [6.07, 6.45) is 0. The summed E-state index contributed by atoms with van der Waals surface area (Å²) in [7, 11) is 0. The van der Waals surface area contributed by atoms with Crippen LogP contribution in [0.2, 0.25) is 0 Å². The predicted octanol–water partition coefficient (Wildman–Crippen LogP) is 21.5. The summed E-state index contributed by atoms with van der Waals surface area (Å²) >= 11 is 0. The van der Waals surface area contributed by atoms with Crippen molar-refractivity contribution in [3.8, 4) is 157 Å². The van der Waals surface area contributed by atoms with Crippen LogP contribution in [0.1, 0.15) is 0 Å². The minimum absolute atomic E-state index is 0.608. The summed E-state index contributed by atoms with van der Waals surface area (Å²) in [6, 6.07) is 108. The van der Waals surface area contributed by atoms with Crippen LogP contribution in [0.3, 0.4) is 0 Å². The smallest absolute Gasteiger partial charge is 0.160 e. The van der Waals surface area contributed by atoms with Gasteiger partial charge in [0.2, 0.25) is 0 Å². The lowest BCUT2D eigenvalue weighted by Gasteiger charge is -2.18. The maximum absolute atomic E-state index is 5.78. The van der Waals surface area contributed by atoms with Crippen molar-refractivity contribution in [1.82, 2.24) is 29.9 Å². The fourth-order valence-corrected chi connectivity index (χ4v) is 13.8. The molecule has 6 nitrogen and oxygen atoms in total. The van der Waals surface area contributed by atoms with Gasteiger partial charge in [-0.1, -0.05) is 279 Å². The van der Waals surface area contributed by atoms with Gasteiger partial charge in [-0.15, -0.1) is 0 Å². The number of hydrogen-bond donors (Lipinski definition) is 0. The summed E-state index contributed by atoms with van der Waals surface area (Å²) in [5.41, 5.74) is 27.1. The van der Waals surface area contributed by atoms with Crippen molar-refractivity contribution in [2.75, 3.05) is 0 Å². The summed E-state index contributed by atoms with van der Waals surface area (Å²) in [5.74, 6) is 1.94. The van der Waals surface area contributed by atoms with E-state index in [-0.39, 0.29) is 0 Å². The van der Waals surface area contributed by atoms with Gasteiger partial charge in [0.15, 0.2) is 17.5 Å². The van der Waals surface area contributed by atoms with E-state index < -0.39 is 0 Å². The largest absolute Gasteiger partial charge is 0.228 e. The van der Waals surface area contributed by atoms with Gasteiger partial charge in [-0.3, -0.25) is 0 Å². The number of aromatic nitrogens is 6. The summed E-state index contributed by atoms with van der Waals surface area (Å²) in [6.45, 7) is 0. The molecule has 0 saturated heterocycles. The lowest BCUT2D eigenvalue weighted by molar-refractivity contribution is 1.18. The van der Waals surface area contributed by atoms with Gasteiger partial charge in [0, 0.05) is 55.5 Å². The highest BCUT2D eigenvalue weighted by Gasteiger charge is 2.27. The molecule has 13 aromatic carbocycles. The molecule has 0 aliphatic heterocycles. The van der Waals surface area contributed by atoms with E-state index >= 15 is 0 Å². The molecule has 0 spiro atoms. The van der Waals surface area contributed by atoms with Crippen molar-refractivity contribution >= 4 is 32.4 Å². The fraction of sp³-hybridized carbons (Fsp3) is 0. The van der Waals surface area contributed by atoms with Crippen molar-refractivity contribution < 1.29 is 0 Å². The second-order valence-electron chi connectivity index (χ2n) is 23.2. The SMILES string of the molecule is c1ccc(-c2cc(-c3ccc(-c4nc(-c5ccc(-c6cc(-c7ccccc7)nc(-c7ccccc7)n6)cc5)c5cc(-c6ccc7c8c(cccc68)-c6ccccc6-7)cc(-c6ccc7c8c(cccc68)-c6ccccc6-7)c5n4)cc3)nc(-c3ccccc3)n2)cc1. The van der Waals surface area contributed by atoms with E-state index in [4.69, 9.17) is 29.9 Å². The van der Waals surface area contributed by atoms with E-state index in [0.29, 0.717) is 17.5 Å². The standard InChI is InChI=1S/C84H50N6/c1-5-19-51(20-6-1)74-49-76(87-82(85-74)56-23-9-3-10-24-56)53-35-39-55(40-36-53)80-73-48-59(60-43-45-70-63-29-15-13-27-61(63)67-32-17-31-66(60)78(67)70)47-72(65-44-46-71-64-30-16-14-28-62(64)68-33-18-34-69(65)79(68)71)81(73)90-84(89-80)58-41-37-54(38-42-58)77-50-75(52-21-7-2-8-22-52)86-83(88-77)57-25-11-4-12-26-57/h1-50H. The molecule has 0 amide bonds. The maximum Gasteiger partial charge on any atom is 0.160 e. The molecular weight excluding hydrogens is 1090 g/mol. The third-order valence-corrected chi connectivity index (χ3v) is 18.0. The van der Waals surface area contributed by atoms with E-state index in [1.807, 2.05) is 60.7 Å². The molecule has 0 bridgehead atoms. The Labute approximate surface area is 519 Å². The van der Waals surface area contributed by atoms with Gasteiger partial charge in [0.25, 0.3) is 0 Å². The molecule has 0 atom stereocenters. The highest BCUT2D eigenvalue weighted by atomic mass is 14.9. The highest BCUT2D eigenvalue weighted by molar-refractivity contribution is 6.22. The lowest BCUT2D eigenvalue weighted by atomic mass is 9.88. The van der Waals surface area contributed by atoms with E-state index in [1.54, 1.807) is 0 Å². The third-order valence-electron chi connectivity index (χ3n) is 18.0. The van der Waals surface area contributed by atoms with Crippen LogP contribution >= 0.6 is 0 Å². The Kier molecular flexibility index (Phi) is 11.8. The molecule has 3 aromatic heterocycles. The molecule has 18 rings (SSSR count). The summed E-state index contributed by atoms with van der Waals surface area (Å²) in [4.78, 5) is 32.1. The lowest BCUT2D eigenvalue weighted by Crippen LogP contribution is -1.99. The van der Waals surface area contributed by atoms with Gasteiger partial charge in [-0.2, -0.15) is 0 Å². The number of nitrogens with zero attached hydrogens (tertiary/aromatic N) is 6. The molecule has 16 aromatic rings. The molecule has 0 saturated carbocycles. The van der Waals surface area contributed by atoms with Crippen LogP contribution in [-0.4, -0.2) is 29.9 Å². The normalized spacial score (nSPS) is 11.8. The van der Waals surface area contributed by atoms with Crippen molar-refractivity contribution in [2.24, 2.45) is 0 Å². The zero-order chi connectivity index (χ0) is 59.2. The minimum atomic E-state index is 0.608. The van der Waals surface area contributed by atoms with Crippen LogP contribution in [-0.2, 0) is 0 Å². The summed E-state index contributed by atoms with van der Waals surface area (Å²) < 4.78 is 0. The molecule has 0 N–H and O–H groups in total. The van der Waals surface area contributed by atoms with Gasteiger partial charge < -0.3 is 0 Å². The first kappa shape index (κ1) is 51.1. The Morgan fingerprint density at radius 1 is 0.167 bits per heavy atom. The van der Waals surface area contributed by atoms with Gasteiger partial charge >= 0.3 is 0 Å². The molecule has 0 fully saturated rings. The van der Waals surface area contributed by atoms with Gasteiger partial charge in [0.1, 0.15) is 0 Å². The quantitative estimate of drug-likeness (QED) is 0.136. The Bertz CT molecular complexity index is 5380. The number of rotatable bonds is 10. The van der Waals surface area contributed by atoms with Crippen molar-refractivity contribution in [2.45, 2.75) is 0 Å². The van der Waals surface area contributed by atoms with E-state index in [9.17, 15) is 0 Å². The van der Waals surface area contributed by atoms with Gasteiger partial charge in [-0.25, -0.2) is 29.9 Å². The number of benzene rings is 13. The Balaban J connectivity index is 0.865. The van der Waals surface area contributed by atoms with E-state index in [0.717, 1.165) is 106 Å². The Morgan fingerprint density at radius 2 is 0.500 bits per heavy atom. The average molecular weight is 1140 g/mol. The van der Waals surface area contributed by atoms with Crippen LogP contribution in [0, 0.1) is 0 Å². The molecule has 0 radical (unpaired) electrons. The Morgan fingerprint density at radius 3 is 0.967 bits per heavy atom. The molecule has 90 heavy (non-hydrogen) atoms. The monoisotopic (exact) mass is 1140 g/mol. The van der Waals surface area contributed by atoms with Crippen molar-refractivity contribution in [3.63, 3.8) is 0 Å². The highest BCUT2D eigenvalue weighted by Crippen LogP contribution is 2.53. The first-order valence-corrected chi connectivity index (χ1v) is 30.5. The van der Waals surface area contributed by atoms with Gasteiger partial charge in [-0.05, 0) is 107 Å². The van der Waals surface area contributed by atoms with Crippen LogP contribution < -0.4 is 0 Å². The zero-order valence-corrected chi connectivity index (χ0v) is 48.6. The zero-order valence-electron chi connectivity index (χ0n) is 48.6. The minimum Gasteiger partial charge on any atom is -0.228 e. The fourth-order valence-electron chi connectivity index (χ4n) is 13.8. The molecule has 6 heteroatoms. The molecule has 3 heterocycles. The second-order valence-corrected chi connectivity index (χ2v) is 23.2. The van der Waals surface area contributed by atoms with Crippen LogP contribution in [0.15, 0.2) is 303 Å². The third kappa shape index (κ3) is 8.49.